The smallest absolute Gasteiger partial charge is 0.0391 e. The van der Waals surface area contributed by atoms with Crippen molar-refractivity contribution in [2.45, 2.75) is 51.5 Å². The van der Waals surface area contributed by atoms with E-state index in [1.165, 1.54) is 38.6 Å². The fraction of sp³-hybridized carbons (Fsp3) is 0.818. The third-order valence-electron chi connectivity index (χ3n) is 3.44. The van der Waals surface area contributed by atoms with Crippen molar-refractivity contribution in [1.82, 2.24) is 4.90 Å². The van der Waals surface area contributed by atoms with Crippen molar-refractivity contribution in [3.63, 3.8) is 0 Å². The van der Waals surface area contributed by atoms with Crippen molar-refractivity contribution >= 4 is 0 Å². The Bertz CT molecular complexity index is 147. The molecule has 1 rings (SSSR count). The molecule has 70 valence electrons. The average Bonchev–Trinajstić information content (AvgIpc) is 2.17. The zero-order valence-electron chi connectivity index (χ0n) is 8.47. The third kappa shape index (κ3) is 1.50. The van der Waals surface area contributed by atoms with Crippen molar-refractivity contribution in [1.29, 1.82) is 0 Å². The van der Waals surface area contributed by atoms with Crippen LogP contribution >= 0.6 is 0 Å². The first-order valence-electron chi connectivity index (χ1n) is 5.18. The maximum Gasteiger partial charge on any atom is 0.0391 e. The minimum atomic E-state index is 0.444. The highest BCUT2D eigenvalue weighted by Crippen LogP contribution is 2.33. The van der Waals surface area contributed by atoms with Crippen LogP contribution in [0.4, 0.5) is 0 Å². The number of nitrogens with zero attached hydrogens (tertiary/aromatic N) is 1. The average molecular weight is 167 g/mol. The SMILES string of the molecule is C=CN1CCCCC1(CC)CC. The topological polar surface area (TPSA) is 3.24 Å². The van der Waals surface area contributed by atoms with Gasteiger partial charge in [-0.2, -0.15) is 0 Å². The van der Waals surface area contributed by atoms with Crippen LogP contribution in [-0.4, -0.2) is 17.0 Å². The van der Waals surface area contributed by atoms with Crippen molar-refractivity contribution in [3.8, 4) is 0 Å². The Hall–Kier alpha value is -0.460. The molecule has 1 fully saturated rings. The normalized spacial score (nSPS) is 22.3. The van der Waals surface area contributed by atoms with Gasteiger partial charge in [0.25, 0.3) is 0 Å². The monoisotopic (exact) mass is 167 g/mol. The van der Waals surface area contributed by atoms with Gasteiger partial charge in [0, 0.05) is 12.1 Å². The Labute approximate surface area is 76.5 Å². The number of piperidine rings is 1. The van der Waals surface area contributed by atoms with E-state index in [-0.39, 0.29) is 0 Å². The van der Waals surface area contributed by atoms with E-state index in [9.17, 15) is 0 Å². The van der Waals surface area contributed by atoms with E-state index in [1.807, 2.05) is 6.20 Å². The zero-order valence-corrected chi connectivity index (χ0v) is 8.47. The molecule has 1 heterocycles. The maximum atomic E-state index is 3.90. The lowest BCUT2D eigenvalue weighted by molar-refractivity contribution is 0.0865. The molecule has 0 bridgehead atoms. The largest absolute Gasteiger partial charge is 0.372 e. The van der Waals surface area contributed by atoms with Gasteiger partial charge in [-0.1, -0.05) is 20.4 Å². The van der Waals surface area contributed by atoms with Crippen molar-refractivity contribution in [2.75, 3.05) is 6.54 Å². The van der Waals surface area contributed by atoms with Crippen molar-refractivity contribution < 1.29 is 0 Å². The van der Waals surface area contributed by atoms with Crippen LogP contribution in [-0.2, 0) is 0 Å². The molecule has 1 nitrogen and oxygen atoms in total. The molecule has 0 radical (unpaired) electrons. The molecule has 1 heteroatoms. The number of hydrogen-bond acceptors (Lipinski definition) is 1. The summed E-state index contributed by atoms with van der Waals surface area (Å²) in [6.45, 7) is 9.71. The molecule has 0 aliphatic carbocycles. The summed E-state index contributed by atoms with van der Waals surface area (Å²) in [4.78, 5) is 2.45. The van der Waals surface area contributed by atoms with E-state index in [0.717, 1.165) is 0 Å². The Morgan fingerprint density at radius 1 is 1.33 bits per heavy atom. The van der Waals surface area contributed by atoms with E-state index in [2.05, 4.69) is 25.3 Å². The van der Waals surface area contributed by atoms with Crippen LogP contribution in [0.3, 0.4) is 0 Å². The van der Waals surface area contributed by atoms with Crippen LogP contribution in [0.2, 0.25) is 0 Å². The third-order valence-corrected chi connectivity index (χ3v) is 3.44. The molecule has 0 N–H and O–H groups in total. The van der Waals surface area contributed by atoms with Gasteiger partial charge in [-0.3, -0.25) is 0 Å². The first kappa shape index (κ1) is 9.63. The Morgan fingerprint density at radius 2 is 2.00 bits per heavy atom. The molecule has 1 saturated heterocycles. The lowest BCUT2D eigenvalue weighted by Gasteiger charge is -2.46. The number of hydrogen-bond donors (Lipinski definition) is 0. The number of likely N-dealkylation sites (tertiary alicyclic amines) is 1. The van der Waals surface area contributed by atoms with Crippen LogP contribution in [0.25, 0.3) is 0 Å². The van der Waals surface area contributed by atoms with Gasteiger partial charge in [-0.15, -0.1) is 0 Å². The highest BCUT2D eigenvalue weighted by atomic mass is 15.2. The lowest BCUT2D eigenvalue weighted by atomic mass is 9.82. The minimum Gasteiger partial charge on any atom is -0.372 e. The molecule has 0 unspecified atom stereocenters. The fourth-order valence-corrected chi connectivity index (χ4v) is 2.41. The second-order valence-corrected chi connectivity index (χ2v) is 3.76. The molecule has 0 aromatic carbocycles. The lowest BCUT2D eigenvalue weighted by Crippen LogP contribution is -2.47. The van der Waals surface area contributed by atoms with Gasteiger partial charge in [0.15, 0.2) is 0 Å². The summed E-state index contributed by atoms with van der Waals surface area (Å²) in [6.07, 6.45) is 8.64. The molecule has 0 aromatic heterocycles. The van der Waals surface area contributed by atoms with Gasteiger partial charge in [0.1, 0.15) is 0 Å². The molecule has 0 atom stereocenters. The summed E-state index contributed by atoms with van der Waals surface area (Å²) in [7, 11) is 0. The highest BCUT2D eigenvalue weighted by molar-refractivity contribution is 4.95. The molecule has 12 heavy (non-hydrogen) atoms. The van der Waals surface area contributed by atoms with Crippen LogP contribution in [0.1, 0.15) is 46.0 Å². The van der Waals surface area contributed by atoms with E-state index >= 15 is 0 Å². The summed E-state index contributed by atoms with van der Waals surface area (Å²) >= 11 is 0. The predicted molar refractivity (Wildman–Crippen MR) is 54.1 cm³/mol. The highest BCUT2D eigenvalue weighted by Gasteiger charge is 2.32. The first-order chi connectivity index (χ1) is 5.79. The van der Waals surface area contributed by atoms with Gasteiger partial charge in [-0.25, -0.2) is 0 Å². The van der Waals surface area contributed by atoms with Crippen LogP contribution in [0.15, 0.2) is 12.8 Å². The van der Waals surface area contributed by atoms with Gasteiger partial charge in [-0.05, 0) is 38.3 Å². The van der Waals surface area contributed by atoms with Crippen molar-refractivity contribution in [3.05, 3.63) is 12.8 Å². The van der Waals surface area contributed by atoms with Gasteiger partial charge >= 0.3 is 0 Å². The summed E-state index contributed by atoms with van der Waals surface area (Å²) in [5.41, 5.74) is 0.444. The van der Waals surface area contributed by atoms with Crippen molar-refractivity contribution in [2.24, 2.45) is 0 Å². The summed E-state index contributed by atoms with van der Waals surface area (Å²) in [5, 5.41) is 0. The maximum absolute atomic E-state index is 3.90. The summed E-state index contributed by atoms with van der Waals surface area (Å²) in [5.74, 6) is 0. The van der Waals surface area contributed by atoms with Gasteiger partial charge < -0.3 is 4.90 Å². The second-order valence-electron chi connectivity index (χ2n) is 3.76. The molecule has 0 amide bonds. The summed E-state index contributed by atoms with van der Waals surface area (Å²) in [6, 6.07) is 0. The summed E-state index contributed by atoms with van der Waals surface area (Å²) < 4.78 is 0. The van der Waals surface area contributed by atoms with Crippen LogP contribution < -0.4 is 0 Å². The molecule has 0 spiro atoms. The van der Waals surface area contributed by atoms with E-state index < -0.39 is 0 Å². The van der Waals surface area contributed by atoms with Gasteiger partial charge in [0.05, 0.1) is 0 Å². The second kappa shape index (κ2) is 3.97. The van der Waals surface area contributed by atoms with Gasteiger partial charge in [0.2, 0.25) is 0 Å². The molecular weight excluding hydrogens is 146 g/mol. The van der Waals surface area contributed by atoms with E-state index in [4.69, 9.17) is 0 Å². The molecular formula is C11H21N. The van der Waals surface area contributed by atoms with Crippen LogP contribution in [0.5, 0.6) is 0 Å². The Morgan fingerprint density at radius 3 is 2.42 bits per heavy atom. The Balaban J connectivity index is 2.72. The predicted octanol–water partition coefficient (Wildman–Crippen LogP) is 3.17. The molecule has 1 aliphatic heterocycles. The number of rotatable bonds is 3. The quantitative estimate of drug-likeness (QED) is 0.624. The minimum absolute atomic E-state index is 0.444. The van der Waals surface area contributed by atoms with E-state index in [1.54, 1.807) is 0 Å². The van der Waals surface area contributed by atoms with E-state index in [0.29, 0.717) is 5.54 Å². The zero-order chi connectivity index (χ0) is 9.03. The Kier molecular flexibility index (Phi) is 3.19. The molecule has 0 aromatic rings. The standard InChI is InChI=1S/C11H21N/c1-4-11(5-2)9-7-8-10-12(11)6-3/h6H,3-5,7-10H2,1-2H3. The molecule has 1 aliphatic rings. The first-order valence-corrected chi connectivity index (χ1v) is 5.18. The fourth-order valence-electron chi connectivity index (χ4n) is 2.41. The van der Waals surface area contributed by atoms with Crippen LogP contribution in [0, 0.1) is 0 Å². The molecule has 0 saturated carbocycles.